The van der Waals surface area contributed by atoms with E-state index in [-0.39, 0.29) is 23.5 Å². The van der Waals surface area contributed by atoms with E-state index in [0.29, 0.717) is 35.8 Å². The molecule has 1 aromatic heterocycles. The van der Waals surface area contributed by atoms with Gasteiger partial charge in [0.25, 0.3) is 5.91 Å². The van der Waals surface area contributed by atoms with Gasteiger partial charge in [-0.05, 0) is 49.7 Å². The predicted molar refractivity (Wildman–Crippen MR) is 105 cm³/mol. The quantitative estimate of drug-likeness (QED) is 0.816. The van der Waals surface area contributed by atoms with Crippen LogP contribution in [0.2, 0.25) is 0 Å². The highest BCUT2D eigenvalue weighted by atomic mass is 32.2. The van der Waals surface area contributed by atoms with Gasteiger partial charge in [0.1, 0.15) is 11.6 Å². The summed E-state index contributed by atoms with van der Waals surface area (Å²) in [5.41, 5.74) is 1.13. The number of carbonyl (C=O) groups is 1. The summed E-state index contributed by atoms with van der Waals surface area (Å²) < 4.78 is 28.7. The van der Waals surface area contributed by atoms with Crippen molar-refractivity contribution in [2.45, 2.75) is 19.4 Å². The third kappa shape index (κ3) is 4.57. The predicted octanol–water partition coefficient (Wildman–Crippen LogP) is 2.36. The Bertz CT molecular complexity index is 913. The third-order valence-electron chi connectivity index (χ3n) is 4.64. The maximum Gasteiger partial charge on any atom is 0.255 e. The minimum Gasteiger partial charge on any atom is -0.497 e. The molecule has 1 amide bonds. The molecule has 0 spiro atoms. The Morgan fingerprint density at radius 3 is 2.63 bits per heavy atom. The Kier molecular flexibility index (Phi) is 5.65. The van der Waals surface area contributed by atoms with Crippen molar-refractivity contribution in [2.24, 2.45) is 0 Å². The number of hydrogen-bond acceptors (Lipinski definition) is 6. The van der Waals surface area contributed by atoms with Gasteiger partial charge >= 0.3 is 0 Å². The standard InChI is InChI=1S/C19H23N3O4S/c1-3-22(16-9-11-27(24,25)13-16)18-12-14(8-10-20-18)19(23)21-15-4-6-17(26-2)7-5-15/h4-8,10,12,16H,3,9,11,13H2,1-2H3,(H,21,23). The van der Waals surface area contributed by atoms with Gasteiger partial charge in [-0.1, -0.05) is 0 Å². The van der Waals surface area contributed by atoms with E-state index in [4.69, 9.17) is 4.74 Å². The lowest BCUT2D eigenvalue weighted by Gasteiger charge is -2.28. The Morgan fingerprint density at radius 2 is 2.04 bits per heavy atom. The molecule has 0 aliphatic carbocycles. The highest BCUT2D eigenvalue weighted by Crippen LogP contribution is 2.24. The largest absolute Gasteiger partial charge is 0.497 e. The van der Waals surface area contributed by atoms with Gasteiger partial charge in [-0.25, -0.2) is 13.4 Å². The van der Waals surface area contributed by atoms with Gasteiger partial charge in [0.15, 0.2) is 9.84 Å². The number of sulfone groups is 1. The summed E-state index contributed by atoms with van der Waals surface area (Å²) in [7, 11) is -1.41. The molecule has 1 aliphatic rings. The highest BCUT2D eigenvalue weighted by Gasteiger charge is 2.32. The Balaban J connectivity index is 1.76. The van der Waals surface area contributed by atoms with Crippen molar-refractivity contribution < 1.29 is 17.9 Å². The summed E-state index contributed by atoms with van der Waals surface area (Å²) in [6.07, 6.45) is 2.16. The van der Waals surface area contributed by atoms with E-state index in [1.165, 1.54) is 0 Å². The van der Waals surface area contributed by atoms with Crippen LogP contribution in [0.25, 0.3) is 0 Å². The zero-order chi connectivity index (χ0) is 19.4. The first-order chi connectivity index (χ1) is 12.9. The van der Waals surface area contributed by atoms with Crippen molar-refractivity contribution in [3.05, 3.63) is 48.2 Å². The van der Waals surface area contributed by atoms with Gasteiger partial charge in [-0.3, -0.25) is 4.79 Å². The number of aromatic nitrogens is 1. The third-order valence-corrected chi connectivity index (χ3v) is 6.39. The zero-order valence-electron chi connectivity index (χ0n) is 15.4. The fourth-order valence-corrected chi connectivity index (χ4v) is 4.95. The number of rotatable bonds is 6. The lowest BCUT2D eigenvalue weighted by molar-refractivity contribution is 0.102. The fourth-order valence-electron chi connectivity index (χ4n) is 3.22. The maximum atomic E-state index is 12.6. The molecule has 0 bridgehead atoms. The molecule has 1 N–H and O–H groups in total. The summed E-state index contributed by atoms with van der Waals surface area (Å²) in [5, 5.41) is 2.84. The SMILES string of the molecule is CCN(c1cc(C(=O)Nc2ccc(OC)cc2)ccn1)C1CCS(=O)(=O)C1. The number of methoxy groups -OCH3 is 1. The summed E-state index contributed by atoms with van der Waals surface area (Å²) >= 11 is 0. The van der Waals surface area contributed by atoms with Gasteiger partial charge < -0.3 is 15.0 Å². The van der Waals surface area contributed by atoms with E-state index in [1.54, 1.807) is 49.7 Å². The normalized spacial score (nSPS) is 18.1. The van der Waals surface area contributed by atoms with Crippen LogP contribution in [0.15, 0.2) is 42.6 Å². The molecular weight excluding hydrogens is 366 g/mol. The van der Waals surface area contributed by atoms with Crippen LogP contribution in [-0.4, -0.2) is 50.5 Å². The molecule has 7 nitrogen and oxygen atoms in total. The molecule has 2 heterocycles. The number of benzene rings is 1. The summed E-state index contributed by atoms with van der Waals surface area (Å²) in [6, 6.07) is 10.3. The molecule has 8 heteroatoms. The molecule has 0 saturated carbocycles. The van der Waals surface area contributed by atoms with E-state index in [2.05, 4.69) is 10.3 Å². The minimum absolute atomic E-state index is 0.104. The Morgan fingerprint density at radius 1 is 1.30 bits per heavy atom. The molecular formula is C19H23N3O4S. The van der Waals surface area contributed by atoms with E-state index < -0.39 is 9.84 Å². The average molecular weight is 389 g/mol. The van der Waals surface area contributed by atoms with E-state index in [9.17, 15) is 13.2 Å². The van der Waals surface area contributed by atoms with E-state index in [0.717, 1.165) is 0 Å². The van der Waals surface area contributed by atoms with Crippen LogP contribution in [-0.2, 0) is 9.84 Å². The first-order valence-electron chi connectivity index (χ1n) is 8.80. The smallest absolute Gasteiger partial charge is 0.255 e. The Labute approximate surface area is 159 Å². The number of nitrogens with zero attached hydrogens (tertiary/aromatic N) is 2. The first kappa shape index (κ1) is 19.2. The topological polar surface area (TPSA) is 88.6 Å². The summed E-state index contributed by atoms with van der Waals surface area (Å²) in [6.45, 7) is 2.58. The molecule has 1 fully saturated rings. The number of anilines is 2. The number of amides is 1. The van der Waals surface area contributed by atoms with Crippen LogP contribution >= 0.6 is 0 Å². The van der Waals surface area contributed by atoms with Crippen LogP contribution in [0, 0.1) is 0 Å². The second-order valence-corrected chi connectivity index (χ2v) is 8.66. The maximum absolute atomic E-state index is 12.6. The second kappa shape index (κ2) is 7.96. The average Bonchev–Trinajstić information content (AvgIpc) is 3.02. The van der Waals surface area contributed by atoms with Crippen LogP contribution < -0.4 is 15.0 Å². The number of carbonyl (C=O) groups excluding carboxylic acids is 1. The van der Waals surface area contributed by atoms with Crippen LogP contribution in [0.3, 0.4) is 0 Å². The number of hydrogen-bond donors (Lipinski definition) is 1. The highest BCUT2D eigenvalue weighted by molar-refractivity contribution is 7.91. The number of pyridine rings is 1. The van der Waals surface area contributed by atoms with E-state index >= 15 is 0 Å². The Hall–Kier alpha value is -2.61. The number of nitrogens with one attached hydrogen (secondary N) is 1. The van der Waals surface area contributed by atoms with Gasteiger partial charge in [0.05, 0.1) is 18.6 Å². The summed E-state index contributed by atoms with van der Waals surface area (Å²) in [4.78, 5) is 18.9. The van der Waals surface area contributed by atoms with Crippen molar-refractivity contribution >= 4 is 27.2 Å². The molecule has 1 aliphatic heterocycles. The zero-order valence-corrected chi connectivity index (χ0v) is 16.2. The van der Waals surface area contributed by atoms with Crippen LogP contribution in [0.4, 0.5) is 11.5 Å². The van der Waals surface area contributed by atoms with Crippen LogP contribution in [0.1, 0.15) is 23.7 Å². The monoisotopic (exact) mass is 389 g/mol. The molecule has 0 radical (unpaired) electrons. The van der Waals surface area contributed by atoms with E-state index in [1.807, 2.05) is 11.8 Å². The van der Waals surface area contributed by atoms with Crippen molar-refractivity contribution in [1.29, 1.82) is 0 Å². The second-order valence-electron chi connectivity index (χ2n) is 6.43. The first-order valence-corrected chi connectivity index (χ1v) is 10.6. The van der Waals surface area contributed by atoms with Gasteiger partial charge in [0, 0.05) is 30.0 Å². The van der Waals surface area contributed by atoms with Crippen molar-refractivity contribution in [3.63, 3.8) is 0 Å². The molecule has 1 unspecified atom stereocenters. The van der Waals surface area contributed by atoms with Crippen molar-refractivity contribution in [3.8, 4) is 5.75 Å². The van der Waals surface area contributed by atoms with Crippen LogP contribution in [0.5, 0.6) is 5.75 Å². The minimum atomic E-state index is -2.99. The van der Waals surface area contributed by atoms with Gasteiger partial charge in [-0.2, -0.15) is 0 Å². The fraction of sp³-hybridized carbons (Fsp3) is 0.368. The molecule has 144 valence electrons. The van der Waals surface area contributed by atoms with Gasteiger partial charge in [0.2, 0.25) is 0 Å². The lowest BCUT2D eigenvalue weighted by atomic mass is 10.2. The number of ether oxygens (including phenoxy) is 1. The molecule has 1 atom stereocenters. The molecule has 27 heavy (non-hydrogen) atoms. The summed E-state index contributed by atoms with van der Waals surface area (Å²) in [5.74, 6) is 1.40. The molecule has 2 aromatic rings. The van der Waals surface area contributed by atoms with Crippen molar-refractivity contribution in [1.82, 2.24) is 4.98 Å². The molecule has 1 aromatic carbocycles. The lowest BCUT2D eigenvalue weighted by Crippen LogP contribution is -2.36. The molecule has 3 rings (SSSR count). The van der Waals surface area contributed by atoms with Gasteiger partial charge in [-0.15, -0.1) is 0 Å². The van der Waals surface area contributed by atoms with Crippen molar-refractivity contribution in [2.75, 3.05) is 35.4 Å². The molecule has 1 saturated heterocycles.